The van der Waals surface area contributed by atoms with E-state index in [0.717, 1.165) is 23.8 Å². The summed E-state index contributed by atoms with van der Waals surface area (Å²) < 4.78 is 37.8. The molecule has 25 heavy (non-hydrogen) atoms. The molecule has 5 rings (SSSR count). The summed E-state index contributed by atoms with van der Waals surface area (Å²) in [6, 6.07) is 5.12. The number of sulfonamides is 1. The Morgan fingerprint density at radius 3 is 2.88 bits per heavy atom. The predicted octanol–water partition coefficient (Wildman–Crippen LogP) is 1.80. The van der Waals surface area contributed by atoms with Crippen molar-refractivity contribution in [2.45, 2.75) is 36.1 Å². The van der Waals surface area contributed by atoms with Crippen molar-refractivity contribution in [2.75, 3.05) is 13.1 Å². The molecule has 1 atom stereocenters. The van der Waals surface area contributed by atoms with Crippen LogP contribution in [0, 0.1) is 0 Å². The molecule has 1 aliphatic heterocycles. The molecule has 10 heteroatoms. The van der Waals surface area contributed by atoms with Crippen molar-refractivity contribution in [3.8, 4) is 0 Å². The second-order valence-electron chi connectivity index (χ2n) is 6.59. The van der Waals surface area contributed by atoms with Crippen LogP contribution in [0.4, 0.5) is 0 Å². The summed E-state index contributed by atoms with van der Waals surface area (Å²) in [5, 5.41) is 8.45. The normalized spacial score (nSPS) is 22.0. The van der Waals surface area contributed by atoms with Gasteiger partial charge in [-0.25, -0.2) is 13.1 Å². The highest BCUT2D eigenvalue weighted by molar-refractivity contribution is 7.89. The summed E-state index contributed by atoms with van der Waals surface area (Å²) in [4.78, 5) is 0.233. The van der Waals surface area contributed by atoms with Crippen LogP contribution in [0.1, 0.15) is 36.9 Å². The number of rotatable bonds is 4. The predicted molar refractivity (Wildman–Crippen MR) is 91.8 cm³/mol. The lowest BCUT2D eigenvalue weighted by Gasteiger charge is -2.16. The Labute approximate surface area is 148 Å². The third kappa shape index (κ3) is 2.55. The molecule has 8 nitrogen and oxygen atoms in total. The van der Waals surface area contributed by atoms with Crippen LogP contribution >= 0.6 is 11.7 Å². The third-order valence-corrected chi connectivity index (χ3v) is 7.33. The Kier molecular flexibility index (Phi) is 3.41. The SMILES string of the molecule is O=S(=O)(c1cccc2nsnc12)N1CC[C@H](n2cc(C3CC3)nn2)C1. The molecule has 0 radical (unpaired) electrons. The molecule has 3 aromatic rings. The van der Waals surface area contributed by atoms with E-state index >= 15 is 0 Å². The number of nitrogens with zero attached hydrogens (tertiary/aromatic N) is 6. The van der Waals surface area contributed by atoms with Gasteiger partial charge in [0.2, 0.25) is 10.0 Å². The van der Waals surface area contributed by atoms with Crippen molar-refractivity contribution < 1.29 is 8.42 Å². The first kappa shape index (κ1) is 15.4. The summed E-state index contributed by atoms with van der Waals surface area (Å²) >= 11 is 1.03. The highest BCUT2D eigenvalue weighted by Gasteiger charge is 2.36. The van der Waals surface area contributed by atoms with E-state index in [1.54, 1.807) is 18.2 Å². The number of hydrogen-bond donors (Lipinski definition) is 0. The Morgan fingerprint density at radius 1 is 1.16 bits per heavy atom. The summed E-state index contributed by atoms with van der Waals surface area (Å²) in [6.45, 7) is 0.878. The molecule has 2 fully saturated rings. The lowest BCUT2D eigenvalue weighted by Crippen LogP contribution is -2.29. The van der Waals surface area contributed by atoms with Gasteiger partial charge < -0.3 is 0 Å². The fourth-order valence-corrected chi connectivity index (χ4v) is 5.55. The molecule has 0 unspecified atom stereocenters. The highest BCUT2D eigenvalue weighted by atomic mass is 32.2. The maximum absolute atomic E-state index is 13.1. The van der Waals surface area contributed by atoms with Gasteiger partial charge >= 0.3 is 0 Å². The average Bonchev–Trinajstić information content (AvgIpc) is 3.07. The topological polar surface area (TPSA) is 93.9 Å². The standard InChI is InChI=1S/C15H16N6O2S2/c22-25(23,14-3-1-2-12-15(14)18-24-17-12)20-7-6-11(8-20)21-9-13(16-19-21)10-4-5-10/h1-3,9-11H,4-8H2/t11-/m0/s1. The fraction of sp³-hybridized carbons (Fsp3) is 0.467. The summed E-state index contributed by atoms with van der Waals surface area (Å²) in [7, 11) is -3.60. The average molecular weight is 376 g/mol. The molecule has 130 valence electrons. The first-order valence-electron chi connectivity index (χ1n) is 8.26. The molecular weight excluding hydrogens is 360 g/mol. The minimum absolute atomic E-state index is 0.0301. The maximum Gasteiger partial charge on any atom is 0.245 e. The Morgan fingerprint density at radius 2 is 2.04 bits per heavy atom. The van der Waals surface area contributed by atoms with Crippen LogP contribution in [0.25, 0.3) is 11.0 Å². The third-order valence-electron chi connectivity index (χ3n) is 4.89. The number of benzene rings is 1. The molecule has 1 saturated heterocycles. The first-order chi connectivity index (χ1) is 12.1. The van der Waals surface area contributed by atoms with Gasteiger partial charge in [0.25, 0.3) is 0 Å². The second kappa shape index (κ2) is 5.55. The number of fused-ring (bicyclic) bond motifs is 1. The van der Waals surface area contributed by atoms with Crippen molar-refractivity contribution in [1.29, 1.82) is 0 Å². The van der Waals surface area contributed by atoms with Gasteiger partial charge in [0, 0.05) is 25.2 Å². The minimum Gasteiger partial charge on any atom is -0.248 e. The molecule has 2 aliphatic rings. The summed E-state index contributed by atoms with van der Waals surface area (Å²) in [6.07, 6.45) is 5.06. The lowest BCUT2D eigenvalue weighted by molar-refractivity contribution is 0.428. The first-order valence-corrected chi connectivity index (χ1v) is 10.4. The summed E-state index contributed by atoms with van der Waals surface area (Å²) in [5.41, 5.74) is 2.10. The monoisotopic (exact) mass is 376 g/mol. The van der Waals surface area contributed by atoms with Gasteiger partial charge in [0.15, 0.2) is 0 Å². The van der Waals surface area contributed by atoms with Crippen molar-refractivity contribution in [1.82, 2.24) is 28.0 Å². The van der Waals surface area contributed by atoms with E-state index in [4.69, 9.17) is 0 Å². The van der Waals surface area contributed by atoms with E-state index in [0.29, 0.717) is 30.0 Å². The zero-order chi connectivity index (χ0) is 17.0. The quantitative estimate of drug-likeness (QED) is 0.689. The van der Waals surface area contributed by atoms with E-state index in [1.165, 1.54) is 17.1 Å². The minimum atomic E-state index is -3.60. The van der Waals surface area contributed by atoms with E-state index in [-0.39, 0.29) is 10.9 Å². The fourth-order valence-electron chi connectivity index (χ4n) is 3.31. The zero-order valence-corrected chi connectivity index (χ0v) is 14.9. The van der Waals surface area contributed by atoms with Crippen LogP contribution in [-0.4, -0.2) is 49.6 Å². The van der Waals surface area contributed by atoms with Crippen molar-refractivity contribution >= 4 is 32.8 Å². The molecule has 0 N–H and O–H groups in total. The molecule has 0 spiro atoms. The van der Waals surface area contributed by atoms with Crippen LogP contribution in [0.15, 0.2) is 29.3 Å². The largest absolute Gasteiger partial charge is 0.248 e. The Balaban J connectivity index is 1.42. The van der Waals surface area contributed by atoms with Gasteiger partial charge in [-0.3, -0.25) is 0 Å². The molecule has 1 aromatic carbocycles. The van der Waals surface area contributed by atoms with E-state index in [9.17, 15) is 8.42 Å². The smallest absolute Gasteiger partial charge is 0.245 e. The summed E-state index contributed by atoms with van der Waals surface area (Å²) in [5.74, 6) is 0.546. The molecule has 0 bridgehead atoms. The molecule has 1 aliphatic carbocycles. The van der Waals surface area contributed by atoms with Gasteiger partial charge in [-0.15, -0.1) is 5.10 Å². The van der Waals surface area contributed by atoms with Gasteiger partial charge in [-0.05, 0) is 31.4 Å². The molecular formula is C15H16N6O2S2. The van der Waals surface area contributed by atoms with Gasteiger partial charge in [0.05, 0.1) is 23.5 Å². The molecule has 1 saturated carbocycles. The van der Waals surface area contributed by atoms with E-state index < -0.39 is 10.0 Å². The van der Waals surface area contributed by atoms with Crippen molar-refractivity contribution in [2.24, 2.45) is 0 Å². The van der Waals surface area contributed by atoms with E-state index in [2.05, 4.69) is 19.1 Å². The number of aromatic nitrogens is 5. The lowest BCUT2D eigenvalue weighted by atomic mass is 10.2. The van der Waals surface area contributed by atoms with Gasteiger partial charge in [-0.1, -0.05) is 11.3 Å². The Bertz CT molecular complexity index is 1040. The molecule has 2 aromatic heterocycles. The van der Waals surface area contributed by atoms with Crippen molar-refractivity contribution in [3.63, 3.8) is 0 Å². The van der Waals surface area contributed by atoms with Gasteiger partial charge in [-0.2, -0.15) is 13.1 Å². The van der Waals surface area contributed by atoms with Crippen LogP contribution in [0.2, 0.25) is 0 Å². The van der Waals surface area contributed by atoms with Crippen LogP contribution in [-0.2, 0) is 10.0 Å². The molecule has 0 amide bonds. The van der Waals surface area contributed by atoms with Crippen LogP contribution in [0.3, 0.4) is 0 Å². The molecule has 3 heterocycles. The Hall–Kier alpha value is -1.91. The van der Waals surface area contributed by atoms with Crippen LogP contribution < -0.4 is 0 Å². The van der Waals surface area contributed by atoms with E-state index in [1.807, 2.05) is 10.9 Å². The van der Waals surface area contributed by atoms with Gasteiger partial charge in [0.1, 0.15) is 15.9 Å². The zero-order valence-electron chi connectivity index (χ0n) is 13.3. The highest BCUT2D eigenvalue weighted by Crippen LogP contribution is 2.39. The second-order valence-corrected chi connectivity index (χ2v) is 9.03. The maximum atomic E-state index is 13.1. The van der Waals surface area contributed by atoms with Crippen LogP contribution in [0.5, 0.6) is 0 Å². The number of hydrogen-bond acceptors (Lipinski definition) is 7. The van der Waals surface area contributed by atoms with Crippen molar-refractivity contribution in [3.05, 3.63) is 30.1 Å².